The lowest BCUT2D eigenvalue weighted by molar-refractivity contribution is 0.596. The van der Waals surface area contributed by atoms with Gasteiger partial charge in [0.05, 0.1) is 6.04 Å². The first-order valence-corrected chi connectivity index (χ1v) is 8.74. The lowest BCUT2D eigenvalue weighted by Crippen LogP contribution is -2.23. The summed E-state index contributed by atoms with van der Waals surface area (Å²) in [5.74, 6) is 0. The molecule has 0 fully saturated rings. The molecule has 106 valence electrons. The molecule has 0 saturated heterocycles. The molecule has 0 aliphatic heterocycles. The van der Waals surface area contributed by atoms with Crippen LogP contribution in [0.3, 0.4) is 0 Å². The van der Waals surface area contributed by atoms with E-state index < -0.39 is 0 Å². The second-order valence-corrected chi connectivity index (χ2v) is 7.07. The molecular weight excluding hydrogens is 425 g/mol. The fraction of sp³-hybridized carbons (Fsp3) is 0.294. The van der Waals surface area contributed by atoms with Crippen LogP contribution in [0.25, 0.3) is 0 Å². The van der Waals surface area contributed by atoms with Crippen molar-refractivity contribution < 1.29 is 0 Å². The molecule has 1 nitrogen and oxygen atoms in total. The standard InChI is InChI=1S/C17H19BrIN/c1-3-9-20-17(13-6-4-5-12(2)10-13)15-11-14(19)7-8-16(15)18/h4-8,10-11,17,20H,3,9H2,1-2H3. The zero-order chi connectivity index (χ0) is 14.5. The van der Waals surface area contributed by atoms with E-state index in [1.807, 2.05) is 0 Å². The molecule has 0 radical (unpaired) electrons. The van der Waals surface area contributed by atoms with E-state index in [1.165, 1.54) is 20.3 Å². The van der Waals surface area contributed by atoms with E-state index in [9.17, 15) is 0 Å². The van der Waals surface area contributed by atoms with Gasteiger partial charge < -0.3 is 5.32 Å². The minimum Gasteiger partial charge on any atom is -0.306 e. The number of rotatable bonds is 5. The quantitative estimate of drug-likeness (QED) is 0.605. The summed E-state index contributed by atoms with van der Waals surface area (Å²) in [6.45, 7) is 5.35. The molecule has 20 heavy (non-hydrogen) atoms. The maximum absolute atomic E-state index is 3.70. The molecule has 1 N–H and O–H groups in total. The van der Waals surface area contributed by atoms with Gasteiger partial charge in [0, 0.05) is 8.04 Å². The predicted molar refractivity (Wildman–Crippen MR) is 98.2 cm³/mol. The Labute approximate surface area is 143 Å². The molecule has 3 heteroatoms. The molecule has 1 unspecified atom stereocenters. The molecule has 2 aromatic rings. The molecule has 0 amide bonds. The van der Waals surface area contributed by atoms with Crippen LogP contribution in [0.1, 0.15) is 36.1 Å². The van der Waals surface area contributed by atoms with Gasteiger partial charge in [0.15, 0.2) is 0 Å². The van der Waals surface area contributed by atoms with Crippen LogP contribution in [0.15, 0.2) is 46.9 Å². The highest BCUT2D eigenvalue weighted by Crippen LogP contribution is 2.30. The number of halogens is 2. The Balaban J connectivity index is 2.44. The Hall–Kier alpha value is -0.390. The summed E-state index contributed by atoms with van der Waals surface area (Å²) in [4.78, 5) is 0. The van der Waals surface area contributed by atoms with E-state index in [1.54, 1.807) is 0 Å². The topological polar surface area (TPSA) is 12.0 Å². The number of nitrogens with one attached hydrogen (secondary N) is 1. The predicted octanol–water partition coefficient (Wildman–Crippen LogP) is 5.45. The van der Waals surface area contributed by atoms with Crippen LogP contribution >= 0.6 is 38.5 Å². The molecule has 1 atom stereocenters. The van der Waals surface area contributed by atoms with Crippen LogP contribution in [0.2, 0.25) is 0 Å². The summed E-state index contributed by atoms with van der Waals surface area (Å²) in [6, 6.07) is 15.5. The minimum absolute atomic E-state index is 0.235. The van der Waals surface area contributed by atoms with Crippen molar-refractivity contribution in [3.63, 3.8) is 0 Å². The van der Waals surface area contributed by atoms with Crippen molar-refractivity contribution in [1.29, 1.82) is 0 Å². The molecule has 0 aliphatic rings. The first-order valence-electron chi connectivity index (χ1n) is 6.86. The zero-order valence-electron chi connectivity index (χ0n) is 11.8. The molecule has 0 saturated carbocycles. The minimum atomic E-state index is 0.235. The fourth-order valence-corrected chi connectivity index (χ4v) is 3.27. The van der Waals surface area contributed by atoms with E-state index in [4.69, 9.17) is 0 Å². The number of aryl methyl sites for hydroxylation is 1. The molecule has 0 bridgehead atoms. The second-order valence-electron chi connectivity index (χ2n) is 4.97. The summed E-state index contributed by atoms with van der Waals surface area (Å²) in [5.41, 5.74) is 3.92. The average Bonchev–Trinajstić information content (AvgIpc) is 2.43. The van der Waals surface area contributed by atoms with Gasteiger partial charge >= 0.3 is 0 Å². The van der Waals surface area contributed by atoms with E-state index in [-0.39, 0.29) is 6.04 Å². The monoisotopic (exact) mass is 443 g/mol. The van der Waals surface area contributed by atoms with Crippen molar-refractivity contribution >= 4 is 38.5 Å². The molecule has 2 aromatic carbocycles. The van der Waals surface area contributed by atoms with Crippen molar-refractivity contribution in [2.75, 3.05) is 6.54 Å². The van der Waals surface area contributed by atoms with Gasteiger partial charge in [-0.3, -0.25) is 0 Å². The Bertz CT molecular complexity index is 583. The summed E-state index contributed by atoms with van der Waals surface area (Å²) in [5, 5.41) is 3.66. The molecule has 0 spiro atoms. The van der Waals surface area contributed by atoms with Crippen molar-refractivity contribution in [1.82, 2.24) is 5.32 Å². The number of hydrogen-bond donors (Lipinski definition) is 1. The summed E-state index contributed by atoms with van der Waals surface area (Å²) >= 11 is 6.07. The normalized spacial score (nSPS) is 12.4. The van der Waals surface area contributed by atoms with Crippen molar-refractivity contribution in [3.8, 4) is 0 Å². The summed E-state index contributed by atoms with van der Waals surface area (Å²) in [7, 11) is 0. The Morgan fingerprint density at radius 1 is 1.20 bits per heavy atom. The van der Waals surface area contributed by atoms with E-state index in [0.29, 0.717) is 0 Å². The zero-order valence-corrected chi connectivity index (χ0v) is 15.5. The Morgan fingerprint density at radius 3 is 2.70 bits per heavy atom. The fourth-order valence-electron chi connectivity index (χ4n) is 2.28. The van der Waals surface area contributed by atoms with Crippen molar-refractivity contribution in [2.45, 2.75) is 26.3 Å². The largest absolute Gasteiger partial charge is 0.306 e. The third-order valence-corrected chi connectivity index (χ3v) is 4.64. The van der Waals surface area contributed by atoms with E-state index >= 15 is 0 Å². The van der Waals surface area contributed by atoms with Crippen molar-refractivity contribution in [3.05, 3.63) is 67.2 Å². The molecular formula is C17H19BrIN. The smallest absolute Gasteiger partial charge is 0.0588 e. The maximum atomic E-state index is 3.70. The van der Waals surface area contributed by atoms with Gasteiger partial charge in [0.2, 0.25) is 0 Å². The molecule has 0 heterocycles. The second kappa shape index (κ2) is 7.57. The first kappa shape index (κ1) is 16.0. The third kappa shape index (κ3) is 4.06. The average molecular weight is 444 g/mol. The highest BCUT2D eigenvalue weighted by atomic mass is 127. The van der Waals surface area contributed by atoms with Gasteiger partial charge in [-0.1, -0.05) is 52.7 Å². The Morgan fingerprint density at radius 2 is 2.00 bits per heavy atom. The summed E-state index contributed by atoms with van der Waals surface area (Å²) < 4.78 is 2.42. The SMILES string of the molecule is CCCNC(c1cccc(C)c1)c1cc(I)ccc1Br. The highest BCUT2D eigenvalue weighted by molar-refractivity contribution is 14.1. The molecule has 0 aliphatic carbocycles. The third-order valence-electron chi connectivity index (χ3n) is 3.24. The number of benzene rings is 2. The van der Waals surface area contributed by atoms with Crippen LogP contribution in [-0.2, 0) is 0 Å². The van der Waals surface area contributed by atoms with Gasteiger partial charge in [0.25, 0.3) is 0 Å². The van der Waals surface area contributed by atoms with Crippen LogP contribution in [0.4, 0.5) is 0 Å². The summed E-state index contributed by atoms with van der Waals surface area (Å²) in [6.07, 6.45) is 1.13. The maximum Gasteiger partial charge on any atom is 0.0588 e. The van der Waals surface area contributed by atoms with Crippen LogP contribution in [-0.4, -0.2) is 6.54 Å². The van der Waals surface area contributed by atoms with Gasteiger partial charge in [-0.15, -0.1) is 0 Å². The van der Waals surface area contributed by atoms with E-state index in [0.717, 1.165) is 17.4 Å². The van der Waals surface area contributed by atoms with Gasteiger partial charge in [0.1, 0.15) is 0 Å². The van der Waals surface area contributed by atoms with Gasteiger partial charge in [-0.25, -0.2) is 0 Å². The number of hydrogen-bond acceptors (Lipinski definition) is 1. The molecule has 0 aromatic heterocycles. The van der Waals surface area contributed by atoms with Gasteiger partial charge in [-0.2, -0.15) is 0 Å². The lowest BCUT2D eigenvalue weighted by atomic mass is 9.97. The van der Waals surface area contributed by atoms with Crippen molar-refractivity contribution in [2.24, 2.45) is 0 Å². The van der Waals surface area contributed by atoms with E-state index in [2.05, 4.69) is 100 Å². The first-order chi connectivity index (χ1) is 9.61. The van der Waals surface area contributed by atoms with Crippen LogP contribution < -0.4 is 5.32 Å². The van der Waals surface area contributed by atoms with Crippen LogP contribution in [0.5, 0.6) is 0 Å². The van der Waals surface area contributed by atoms with Gasteiger partial charge in [-0.05, 0) is 71.8 Å². The molecule has 2 rings (SSSR count). The van der Waals surface area contributed by atoms with Crippen LogP contribution in [0, 0.1) is 10.5 Å². The highest BCUT2D eigenvalue weighted by Gasteiger charge is 2.16. The lowest BCUT2D eigenvalue weighted by Gasteiger charge is -2.21. The Kier molecular flexibility index (Phi) is 6.05.